The van der Waals surface area contributed by atoms with Gasteiger partial charge in [0.2, 0.25) is 0 Å². The van der Waals surface area contributed by atoms with Gasteiger partial charge in [-0.1, -0.05) is 46.3 Å². The van der Waals surface area contributed by atoms with E-state index in [1.807, 2.05) is 30.3 Å². The number of benzene rings is 3. The van der Waals surface area contributed by atoms with Crippen LogP contribution in [0.3, 0.4) is 0 Å². The van der Waals surface area contributed by atoms with Crippen LogP contribution in [-0.2, 0) is 5.75 Å². The summed E-state index contributed by atoms with van der Waals surface area (Å²) in [5.41, 5.74) is -0.500. The summed E-state index contributed by atoms with van der Waals surface area (Å²) in [6, 6.07) is 18.2. The summed E-state index contributed by atoms with van der Waals surface area (Å²) >= 11 is 4.48. The van der Waals surface area contributed by atoms with Crippen LogP contribution in [0.15, 0.2) is 76.1 Å². The highest BCUT2D eigenvalue weighted by Gasteiger charge is 2.32. The number of nitrogens with zero attached hydrogens (tertiary/aromatic N) is 2. The summed E-state index contributed by atoms with van der Waals surface area (Å²) in [7, 11) is 0. The summed E-state index contributed by atoms with van der Waals surface area (Å²) in [5.74, 6) is -0.449. The maximum absolute atomic E-state index is 12.7. The minimum atomic E-state index is -0.921. The fourth-order valence-electron chi connectivity index (χ4n) is 2.66. The first-order chi connectivity index (χ1) is 14.3. The van der Waals surface area contributed by atoms with Crippen LogP contribution in [0.2, 0.25) is 0 Å². The van der Waals surface area contributed by atoms with E-state index in [0.717, 1.165) is 10.0 Å². The maximum Gasteiger partial charge on any atom is 0.290 e. The average Bonchev–Trinajstić information content (AvgIpc) is 2.73. The first kappa shape index (κ1) is 21.5. The van der Waals surface area contributed by atoms with Crippen molar-refractivity contribution in [2.45, 2.75) is 10.6 Å². The molecule has 30 heavy (non-hydrogen) atoms. The molecule has 1 N–H and O–H groups in total. The Hall–Kier alpha value is -3.24. The van der Waals surface area contributed by atoms with Crippen molar-refractivity contribution < 1.29 is 14.6 Å². The zero-order valence-corrected chi connectivity index (χ0v) is 17.7. The zero-order valence-electron chi connectivity index (χ0n) is 15.3. The van der Waals surface area contributed by atoms with Gasteiger partial charge in [0.05, 0.1) is 9.85 Å². The number of nitrogens with one attached hydrogen (secondary N) is 1. The van der Waals surface area contributed by atoms with Gasteiger partial charge < -0.3 is 5.32 Å². The molecule has 0 aliphatic rings. The van der Waals surface area contributed by atoms with Gasteiger partial charge in [-0.2, -0.15) is 0 Å². The highest BCUT2D eigenvalue weighted by molar-refractivity contribution is 9.10. The molecule has 0 bridgehead atoms. The molecule has 0 aliphatic heterocycles. The molecule has 0 heterocycles. The van der Waals surface area contributed by atoms with Gasteiger partial charge in [0, 0.05) is 32.9 Å². The molecule has 1 amide bonds. The molecule has 0 atom stereocenters. The molecule has 0 aliphatic carbocycles. The van der Waals surface area contributed by atoms with Crippen LogP contribution in [0.25, 0.3) is 0 Å². The standard InChI is InChI=1S/C20H14BrN3O5S/c21-14-6-8-15(9-7-14)22-20(25)19-17(23(26)27)10-16(11-18(19)24(28)29)30-12-13-4-2-1-3-5-13/h1-11H,12H2,(H,22,25). The molecule has 3 rings (SSSR count). The van der Waals surface area contributed by atoms with Crippen molar-refractivity contribution in [1.82, 2.24) is 0 Å². The van der Waals surface area contributed by atoms with Crippen molar-refractivity contribution in [3.05, 3.63) is 103 Å². The lowest BCUT2D eigenvalue weighted by atomic mass is 10.1. The zero-order chi connectivity index (χ0) is 21.7. The lowest BCUT2D eigenvalue weighted by molar-refractivity contribution is -0.394. The Morgan fingerprint density at radius 3 is 2.03 bits per heavy atom. The third kappa shape index (κ3) is 5.22. The molecule has 0 saturated carbocycles. The monoisotopic (exact) mass is 487 g/mol. The Morgan fingerprint density at radius 1 is 0.933 bits per heavy atom. The molecular weight excluding hydrogens is 474 g/mol. The van der Waals surface area contributed by atoms with Gasteiger partial charge in [-0.3, -0.25) is 25.0 Å². The van der Waals surface area contributed by atoms with E-state index < -0.39 is 32.7 Å². The average molecular weight is 488 g/mol. The van der Waals surface area contributed by atoms with Gasteiger partial charge in [-0.05, 0) is 29.8 Å². The molecule has 3 aromatic carbocycles. The molecule has 0 unspecified atom stereocenters. The molecule has 0 spiro atoms. The third-order valence-electron chi connectivity index (χ3n) is 4.04. The van der Waals surface area contributed by atoms with E-state index in [4.69, 9.17) is 0 Å². The maximum atomic E-state index is 12.7. The number of halogens is 1. The number of carbonyl (C=O) groups excluding carboxylic acids is 1. The van der Waals surface area contributed by atoms with E-state index in [1.165, 1.54) is 23.9 Å². The minimum Gasteiger partial charge on any atom is -0.322 e. The number of nitro groups is 2. The summed E-state index contributed by atoms with van der Waals surface area (Å²) in [4.78, 5) is 34.7. The van der Waals surface area contributed by atoms with Gasteiger partial charge in [-0.25, -0.2) is 0 Å². The Bertz CT molecular complexity index is 1070. The smallest absolute Gasteiger partial charge is 0.290 e. The molecular formula is C20H14BrN3O5S. The molecule has 10 heteroatoms. The van der Waals surface area contributed by atoms with Crippen molar-refractivity contribution in [2.75, 3.05) is 5.32 Å². The number of anilines is 1. The highest BCUT2D eigenvalue weighted by Crippen LogP contribution is 2.36. The number of carbonyl (C=O) groups is 1. The summed E-state index contributed by atoms with van der Waals surface area (Å²) in [6.07, 6.45) is 0. The SMILES string of the molecule is O=C(Nc1ccc(Br)cc1)c1c([N+](=O)[O-])cc(SCc2ccccc2)cc1[N+](=O)[O-]. The second kappa shape index (κ2) is 9.51. The number of amides is 1. The predicted octanol–water partition coefficient (Wildman–Crippen LogP) is 5.81. The van der Waals surface area contributed by atoms with Crippen molar-refractivity contribution in [3.8, 4) is 0 Å². The second-order valence-electron chi connectivity index (χ2n) is 6.09. The molecule has 152 valence electrons. The molecule has 8 nitrogen and oxygen atoms in total. The van der Waals surface area contributed by atoms with Gasteiger partial charge >= 0.3 is 0 Å². The third-order valence-corrected chi connectivity index (χ3v) is 5.62. The Balaban J connectivity index is 1.96. The summed E-state index contributed by atoms with van der Waals surface area (Å²) < 4.78 is 0.775. The van der Waals surface area contributed by atoms with Crippen LogP contribution >= 0.6 is 27.7 Å². The van der Waals surface area contributed by atoms with Crippen LogP contribution in [0.4, 0.5) is 17.1 Å². The van der Waals surface area contributed by atoms with Gasteiger partial charge in [0.15, 0.2) is 5.56 Å². The van der Waals surface area contributed by atoms with E-state index >= 15 is 0 Å². The van der Waals surface area contributed by atoms with E-state index in [1.54, 1.807) is 24.3 Å². The van der Waals surface area contributed by atoms with Crippen molar-refractivity contribution in [3.63, 3.8) is 0 Å². The van der Waals surface area contributed by atoms with Crippen LogP contribution in [0, 0.1) is 20.2 Å². The highest BCUT2D eigenvalue weighted by atomic mass is 79.9. The van der Waals surface area contributed by atoms with E-state index in [-0.39, 0.29) is 0 Å². The largest absolute Gasteiger partial charge is 0.322 e. The van der Waals surface area contributed by atoms with Gasteiger partial charge in [0.25, 0.3) is 17.3 Å². The van der Waals surface area contributed by atoms with E-state index in [0.29, 0.717) is 16.3 Å². The number of nitro benzene ring substituents is 2. The molecule has 0 saturated heterocycles. The minimum absolute atomic E-state index is 0.331. The fraction of sp³-hybridized carbons (Fsp3) is 0.0500. The second-order valence-corrected chi connectivity index (χ2v) is 8.05. The van der Waals surface area contributed by atoms with Crippen LogP contribution in [0.5, 0.6) is 0 Å². The first-order valence-corrected chi connectivity index (χ1v) is 10.3. The Morgan fingerprint density at radius 2 is 1.50 bits per heavy atom. The van der Waals surface area contributed by atoms with Crippen molar-refractivity contribution in [1.29, 1.82) is 0 Å². The van der Waals surface area contributed by atoms with Crippen LogP contribution in [-0.4, -0.2) is 15.8 Å². The Labute approximate surface area is 183 Å². The lowest BCUT2D eigenvalue weighted by Crippen LogP contribution is -2.16. The molecule has 0 radical (unpaired) electrons. The van der Waals surface area contributed by atoms with E-state index in [9.17, 15) is 25.0 Å². The lowest BCUT2D eigenvalue weighted by Gasteiger charge is -2.09. The summed E-state index contributed by atoms with van der Waals surface area (Å²) in [5, 5.41) is 25.7. The number of thioether (sulfide) groups is 1. The van der Waals surface area contributed by atoms with Crippen molar-refractivity contribution >= 4 is 50.7 Å². The number of hydrogen-bond acceptors (Lipinski definition) is 6. The van der Waals surface area contributed by atoms with Crippen LogP contribution < -0.4 is 5.32 Å². The molecule has 0 aromatic heterocycles. The normalized spacial score (nSPS) is 10.4. The van der Waals surface area contributed by atoms with Crippen molar-refractivity contribution in [2.24, 2.45) is 0 Å². The first-order valence-electron chi connectivity index (χ1n) is 8.55. The van der Waals surface area contributed by atoms with Crippen LogP contribution in [0.1, 0.15) is 15.9 Å². The number of hydrogen-bond donors (Lipinski definition) is 1. The fourth-order valence-corrected chi connectivity index (χ4v) is 3.84. The summed E-state index contributed by atoms with van der Waals surface area (Å²) in [6.45, 7) is 0. The predicted molar refractivity (Wildman–Crippen MR) is 118 cm³/mol. The van der Waals surface area contributed by atoms with Gasteiger partial charge in [-0.15, -0.1) is 11.8 Å². The topological polar surface area (TPSA) is 115 Å². The van der Waals surface area contributed by atoms with Gasteiger partial charge in [0.1, 0.15) is 0 Å². The quantitative estimate of drug-likeness (QED) is 0.255. The molecule has 3 aromatic rings. The number of rotatable bonds is 7. The Kier molecular flexibility index (Phi) is 6.80. The molecule has 0 fully saturated rings. The van der Waals surface area contributed by atoms with E-state index in [2.05, 4.69) is 21.2 Å².